The topological polar surface area (TPSA) is 45.2 Å². The molecule has 1 atom stereocenters. The Kier molecular flexibility index (Phi) is 6.19. The average molecular weight is 348 g/mol. The number of rotatable bonds is 6. The average Bonchev–Trinajstić information content (AvgIpc) is 2.54. The van der Waals surface area contributed by atoms with Crippen LogP contribution in [0.4, 0.5) is 0 Å². The molecule has 1 aromatic heterocycles. The van der Waals surface area contributed by atoms with Crippen molar-refractivity contribution in [3.63, 3.8) is 0 Å². The van der Waals surface area contributed by atoms with E-state index >= 15 is 0 Å². The van der Waals surface area contributed by atoms with E-state index in [-0.39, 0.29) is 17.1 Å². The van der Waals surface area contributed by atoms with Gasteiger partial charge in [-0.3, -0.25) is 9.69 Å². The van der Waals surface area contributed by atoms with Crippen LogP contribution in [0, 0.1) is 13.8 Å². The van der Waals surface area contributed by atoms with E-state index in [1.54, 1.807) is 0 Å². The Hall–Kier alpha value is -1.65. The zero-order valence-corrected chi connectivity index (χ0v) is 15.9. The number of hydrogen-bond acceptors (Lipinski definition) is 3. The maximum Gasteiger partial charge on any atom is 0.254 e. The molecule has 0 aliphatic rings. The van der Waals surface area contributed by atoms with E-state index in [4.69, 9.17) is 11.6 Å². The summed E-state index contributed by atoms with van der Waals surface area (Å²) in [5.41, 5.74) is 3.49. The number of halogens is 1. The third-order valence-electron chi connectivity index (χ3n) is 4.44. The molecular formula is C19H26ClN3O. The van der Waals surface area contributed by atoms with Gasteiger partial charge in [0.1, 0.15) is 5.15 Å². The van der Waals surface area contributed by atoms with E-state index in [2.05, 4.69) is 42.0 Å². The minimum absolute atomic E-state index is 0.174. The fraction of sp³-hybridized carbons (Fsp3) is 0.474. The zero-order chi connectivity index (χ0) is 17.9. The Morgan fingerprint density at radius 2 is 1.92 bits per heavy atom. The minimum atomic E-state index is -0.174. The van der Waals surface area contributed by atoms with Crippen LogP contribution in [-0.4, -0.2) is 41.5 Å². The van der Waals surface area contributed by atoms with Crippen LogP contribution in [0.15, 0.2) is 18.2 Å². The highest BCUT2D eigenvalue weighted by Crippen LogP contribution is 2.24. The van der Waals surface area contributed by atoms with Gasteiger partial charge in [0.2, 0.25) is 0 Å². The Bertz CT molecular complexity index is 741. The number of amides is 1. The molecule has 0 saturated carbocycles. The third kappa shape index (κ3) is 4.05. The van der Waals surface area contributed by atoms with Crippen LogP contribution in [-0.2, 0) is 0 Å². The van der Waals surface area contributed by atoms with Crippen LogP contribution < -0.4 is 5.32 Å². The summed E-state index contributed by atoms with van der Waals surface area (Å²) in [4.78, 5) is 19.3. The first-order chi connectivity index (χ1) is 11.4. The quantitative estimate of drug-likeness (QED) is 0.804. The van der Waals surface area contributed by atoms with Crippen molar-refractivity contribution in [2.45, 2.75) is 40.7 Å². The van der Waals surface area contributed by atoms with Gasteiger partial charge in [0.05, 0.1) is 11.1 Å². The normalized spacial score (nSPS) is 12.6. The molecular weight excluding hydrogens is 322 g/mol. The van der Waals surface area contributed by atoms with Crippen molar-refractivity contribution in [2.24, 2.45) is 0 Å². The monoisotopic (exact) mass is 347 g/mol. The van der Waals surface area contributed by atoms with Gasteiger partial charge in [0.25, 0.3) is 5.91 Å². The minimum Gasteiger partial charge on any atom is -0.350 e. The van der Waals surface area contributed by atoms with Crippen molar-refractivity contribution in [3.05, 3.63) is 40.0 Å². The highest BCUT2D eigenvalue weighted by molar-refractivity contribution is 6.33. The molecule has 1 aromatic carbocycles. The number of nitrogens with zero attached hydrogens (tertiary/aromatic N) is 2. The second-order valence-electron chi connectivity index (χ2n) is 6.26. The maximum atomic E-state index is 12.5. The van der Waals surface area contributed by atoms with Gasteiger partial charge < -0.3 is 5.32 Å². The summed E-state index contributed by atoms with van der Waals surface area (Å²) in [6, 6.07) is 6.21. The van der Waals surface area contributed by atoms with Gasteiger partial charge >= 0.3 is 0 Å². The van der Waals surface area contributed by atoms with Gasteiger partial charge in [-0.2, -0.15) is 0 Å². The lowest BCUT2D eigenvalue weighted by atomic mass is 10.1. The lowest BCUT2D eigenvalue weighted by Gasteiger charge is -2.26. The van der Waals surface area contributed by atoms with Crippen molar-refractivity contribution in [3.8, 4) is 0 Å². The number of pyridine rings is 1. The molecule has 1 N–H and O–H groups in total. The highest BCUT2D eigenvalue weighted by atomic mass is 35.5. The zero-order valence-electron chi connectivity index (χ0n) is 15.1. The second kappa shape index (κ2) is 7.95. The molecule has 5 heteroatoms. The molecule has 0 radical (unpaired) electrons. The first-order valence-corrected chi connectivity index (χ1v) is 8.84. The molecule has 2 rings (SSSR count). The lowest BCUT2D eigenvalue weighted by Crippen LogP contribution is -2.42. The molecule has 0 aliphatic heterocycles. The summed E-state index contributed by atoms with van der Waals surface area (Å²) in [6.07, 6.45) is 0. The van der Waals surface area contributed by atoms with Gasteiger partial charge in [-0.05, 0) is 51.6 Å². The van der Waals surface area contributed by atoms with Gasteiger partial charge in [0.15, 0.2) is 0 Å². The number of fused-ring (bicyclic) bond motifs is 1. The van der Waals surface area contributed by atoms with Crippen LogP contribution in [0.1, 0.15) is 42.3 Å². The van der Waals surface area contributed by atoms with E-state index < -0.39 is 0 Å². The summed E-state index contributed by atoms with van der Waals surface area (Å²) in [5.74, 6) is -0.174. The number of benzene rings is 1. The van der Waals surface area contributed by atoms with Crippen LogP contribution in [0.5, 0.6) is 0 Å². The lowest BCUT2D eigenvalue weighted by molar-refractivity contribution is 0.0938. The van der Waals surface area contributed by atoms with E-state index in [0.717, 1.165) is 35.1 Å². The van der Waals surface area contributed by atoms with E-state index in [9.17, 15) is 4.79 Å². The van der Waals surface area contributed by atoms with Gasteiger partial charge in [-0.15, -0.1) is 0 Å². The standard InChI is InChI=1S/C19H26ClN3O/c1-6-23(7-2)14(5)11-21-19(24)16-10-15-9-12(3)8-13(4)17(15)22-18(16)20/h8-10,14H,6-7,11H2,1-5H3,(H,21,24). The van der Waals surface area contributed by atoms with Crippen molar-refractivity contribution in [1.82, 2.24) is 15.2 Å². The number of aryl methyl sites for hydroxylation is 2. The van der Waals surface area contributed by atoms with Gasteiger partial charge in [-0.1, -0.05) is 37.1 Å². The molecule has 0 fully saturated rings. The molecule has 0 saturated heterocycles. The predicted molar refractivity (Wildman–Crippen MR) is 101 cm³/mol. The summed E-state index contributed by atoms with van der Waals surface area (Å²) < 4.78 is 0. The van der Waals surface area contributed by atoms with Gasteiger partial charge in [0, 0.05) is 18.0 Å². The van der Waals surface area contributed by atoms with Crippen LogP contribution in [0.25, 0.3) is 10.9 Å². The van der Waals surface area contributed by atoms with Crippen LogP contribution in [0.2, 0.25) is 5.15 Å². The van der Waals surface area contributed by atoms with Crippen molar-refractivity contribution < 1.29 is 4.79 Å². The number of nitrogens with one attached hydrogen (secondary N) is 1. The highest BCUT2D eigenvalue weighted by Gasteiger charge is 2.16. The van der Waals surface area contributed by atoms with E-state index in [0.29, 0.717) is 12.1 Å². The fourth-order valence-corrected chi connectivity index (χ4v) is 3.32. The maximum absolute atomic E-state index is 12.5. The Balaban J connectivity index is 2.22. The van der Waals surface area contributed by atoms with Crippen molar-refractivity contribution in [2.75, 3.05) is 19.6 Å². The molecule has 1 unspecified atom stereocenters. The molecule has 24 heavy (non-hydrogen) atoms. The molecule has 4 nitrogen and oxygen atoms in total. The predicted octanol–water partition coefficient (Wildman–Crippen LogP) is 3.97. The largest absolute Gasteiger partial charge is 0.350 e. The summed E-state index contributed by atoms with van der Waals surface area (Å²) >= 11 is 6.26. The first-order valence-electron chi connectivity index (χ1n) is 8.47. The summed E-state index contributed by atoms with van der Waals surface area (Å²) in [5, 5.41) is 4.17. The smallest absolute Gasteiger partial charge is 0.254 e. The van der Waals surface area contributed by atoms with Crippen molar-refractivity contribution in [1.29, 1.82) is 0 Å². The third-order valence-corrected chi connectivity index (χ3v) is 4.73. The Morgan fingerprint density at radius 3 is 2.54 bits per heavy atom. The number of carbonyl (C=O) groups is 1. The summed E-state index contributed by atoms with van der Waals surface area (Å²) in [7, 11) is 0. The second-order valence-corrected chi connectivity index (χ2v) is 6.62. The van der Waals surface area contributed by atoms with Crippen molar-refractivity contribution >= 4 is 28.4 Å². The van der Waals surface area contributed by atoms with Crippen LogP contribution >= 0.6 is 11.6 Å². The number of hydrogen-bond donors (Lipinski definition) is 1. The SMILES string of the molecule is CCN(CC)C(C)CNC(=O)c1cc2cc(C)cc(C)c2nc1Cl. The Labute approximate surface area is 149 Å². The van der Waals surface area contributed by atoms with Crippen LogP contribution in [0.3, 0.4) is 0 Å². The Morgan fingerprint density at radius 1 is 1.25 bits per heavy atom. The number of aromatic nitrogens is 1. The number of likely N-dealkylation sites (N-methyl/N-ethyl adjacent to an activating group) is 1. The van der Waals surface area contributed by atoms with E-state index in [1.807, 2.05) is 26.0 Å². The first kappa shape index (κ1) is 18.7. The number of carbonyl (C=O) groups excluding carboxylic acids is 1. The molecule has 0 bridgehead atoms. The molecule has 1 heterocycles. The molecule has 0 spiro atoms. The molecule has 130 valence electrons. The molecule has 1 amide bonds. The molecule has 2 aromatic rings. The van der Waals surface area contributed by atoms with E-state index in [1.165, 1.54) is 0 Å². The fourth-order valence-electron chi connectivity index (χ4n) is 3.10. The molecule has 0 aliphatic carbocycles. The summed E-state index contributed by atoms with van der Waals surface area (Å²) in [6.45, 7) is 12.9. The van der Waals surface area contributed by atoms with Gasteiger partial charge in [-0.25, -0.2) is 4.98 Å².